The van der Waals surface area contributed by atoms with Gasteiger partial charge in [0.05, 0.1) is 12.6 Å². The van der Waals surface area contributed by atoms with Crippen molar-refractivity contribution < 1.29 is 33.3 Å². The fraction of sp³-hybridized carbons (Fsp3) is 0.393. The second-order valence-electron chi connectivity index (χ2n) is 9.70. The van der Waals surface area contributed by atoms with Crippen molar-refractivity contribution in [2.24, 2.45) is 5.73 Å². The van der Waals surface area contributed by atoms with Crippen LogP contribution in [0.4, 0.5) is 0 Å². The normalized spacial score (nSPS) is 13.5. The van der Waals surface area contributed by atoms with Crippen molar-refractivity contribution in [3.63, 3.8) is 0 Å². The number of hydrogen-bond acceptors (Lipinski definition) is 8. The molecule has 5 amide bonds. The molecule has 2 aromatic rings. The third-order valence-corrected chi connectivity index (χ3v) is 7.08. The summed E-state index contributed by atoms with van der Waals surface area (Å²) in [6.45, 7) is 0.732. The molecule has 228 valence electrons. The molecule has 1 unspecified atom stereocenters. The quantitative estimate of drug-likeness (QED) is 0.146. The number of likely N-dealkylation sites (N-methyl/N-ethyl adjacent to an activating group) is 1. The Morgan fingerprint density at radius 2 is 1.52 bits per heavy atom. The summed E-state index contributed by atoms with van der Waals surface area (Å²) in [6.07, 6.45) is 1.78. The van der Waals surface area contributed by atoms with Gasteiger partial charge in [-0.05, 0) is 36.1 Å². The highest BCUT2D eigenvalue weighted by atomic mass is 32.2. The number of hydrogen-bond donors (Lipinski definition) is 6. The van der Waals surface area contributed by atoms with Gasteiger partial charge < -0.3 is 26.4 Å². The van der Waals surface area contributed by atoms with Gasteiger partial charge in [-0.15, -0.1) is 0 Å². The molecular weight excluding hydrogens is 564 g/mol. The second-order valence-corrected chi connectivity index (χ2v) is 11.3. The van der Waals surface area contributed by atoms with Crippen molar-refractivity contribution in [2.75, 3.05) is 25.6 Å². The lowest BCUT2D eigenvalue weighted by molar-refractivity contribution is -0.140. The van der Waals surface area contributed by atoms with E-state index in [1.807, 2.05) is 6.07 Å². The predicted octanol–water partition coefficient (Wildman–Crippen LogP) is -1.13. The maximum Gasteiger partial charge on any atom is 0.261 e. The van der Waals surface area contributed by atoms with Gasteiger partial charge in [0.2, 0.25) is 23.6 Å². The number of phenols is 1. The Labute approximate surface area is 247 Å². The Hall–Kier alpha value is -4.30. The molecule has 13 nitrogen and oxygen atoms in total. The monoisotopic (exact) mass is 602 g/mol. The van der Waals surface area contributed by atoms with Crippen LogP contribution in [0.5, 0.6) is 5.75 Å². The molecule has 0 aliphatic carbocycles. The molecule has 0 saturated carbocycles. The summed E-state index contributed by atoms with van der Waals surface area (Å²) in [6, 6.07) is 12.0. The summed E-state index contributed by atoms with van der Waals surface area (Å²) in [5.41, 5.74) is 12.0. The SMILES string of the molecule is CC(=O)NNC(=O)[C@H](Cc1ccccc1)N(C)C(=O)CNC(=O)[C@@H](CCS(C)=O)NC(=O)[C@@H](N)Cc1ccc(O)cc1. The molecule has 0 aliphatic rings. The van der Waals surface area contributed by atoms with Crippen molar-refractivity contribution in [3.8, 4) is 5.75 Å². The van der Waals surface area contributed by atoms with Gasteiger partial charge >= 0.3 is 0 Å². The van der Waals surface area contributed by atoms with Crippen LogP contribution in [0.25, 0.3) is 0 Å². The minimum Gasteiger partial charge on any atom is -0.508 e. The van der Waals surface area contributed by atoms with E-state index in [-0.39, 0.29) is 30.8 Å². The average Bonchev–Trinajstić information content (AvgIpc) is 2.96. The first-order chi connectivity index (χ1) is 19.9. The summed E-state index contributed by atoms with van der Waals surface area (Å²) >= 11 is 0. The van der Waals surface area contributed by atoms with Gasteiger partial charge in [-0.3, -0.25) is 39.0 Å². The van der Waals surface area contributed by atoms with Crippen molar-refractivity contribution in [2.45, 2.75) is 44.3 Å². The Kier molecular flexibility index (Phi) is 13.6. The molecule has 0 bridgehead atoms. The highest BCUT2D eigenvalue weighted by Gasteiger charge is 2.29. The summed E-state index contributed by atoms with van der Waals surface area (Å²) in [4.78, 5) is 64.1. The number of carbonyl (C=O) groups is 5. The number of rotatable bonds is 14. The third kappa shape index (κ3) is 11.7. The largest absolute Gasteiger partial charge is 0.508 e. The van der Waals surface area contributed by atoms with E-state index >= 15 is 0 Å². The van der Waals surface area contributed by atoms with Gasteiger partial charge in [-0.25, -0.2) is 0 Å². The zero-order valence-electron chi connectivity index (χ0n) is 23.8. The third-order valence-electron chi connectivity index (χ3n) is 6.27. The molecule has 0 heterocycles. The summed E-state index contributed by atoms with van der Waals surface area (Å²) < 4.78 is 11.7. The van der Waals surface area contributed by atoms with Crippen LogP contribution in [0.1, 0.15) is 24.5 Å². The van der Waals surface area contributed by atoms with Crippen molar-refractivity contribution >= 4 is 40.3 Å². The number of amides is 5. The Morgan fingerprint density at radius 3 is 2.12 bits per heavy atom. The topological polar surface area (TPSA) is 200 Å². The Balaban J connectivity index is 2.06. The number of carbonyl (C=O) groups excluding carboxylic acids is 5. The van der Waals surface area contributed by atoms with Crippen molar-refractivity contribution in [1.82, 2.24) is 26.4 Å². The van der Waals surface area contributed by atoms with E-state index in [0.717, 1.165) is 10.5 Å². The number of nitrogens with zero attached hydrogens (tertiary/aromatic N) is 1. The zero-order chi connectivity index (χ0) is 31.2. The molecule has 2 rings (SSSR count). The molecule has 7 N–H and O–H groups in total. The Bertz CT molecular complexity index is 1260. The van der Waals surface area contributed by atoms with E-state index in [9.17, 15) is 33.3 Å². The highest BCUT2D eigenvalue weighted by molar-refractivity contribution is 7.84. The van der Waals surface area contributed by atoms with Gasteiger partial charge in [-0.1, -0.05) is 42.5 Å². The number of phenolic OH excluding ortho intramolecular Hbond substituents is 1. The minimum absolute atomic E-state index is 0.0341. The van der Waals surface area contributed by atoms with Crippen LogP contribution in [0.15, 0.2) is 54.6 Å². The number of nitrogens with two attached hydrogens (primary N) is 1. The summed E-state index contributed by atoms with van der Waals surface area (Å²) in [5.74, 6) is -2.85. The molecule has 0 spiro atoms. The average molecular weight is 603 g/mol. The second kappa shape index (κ2) is 16.8. The zero-order valence-corrected chi connectivity index (χ0v) is 24.6. The van der Waals surface area contributed by atoms with Crippen LogP contribution in [0.3, 0.4) is 0 Å². The lowest BCUT2D eigenvalue weighted by Gasteiger charge is -2.28. The van der Waals surface area contributed by atoms with Crippen LogP contribution >= 0.6 is 0 Å². The molecule has 0 saturated heterocycles. The van der Waals surface area contributed by atoms with Gasteiger partial charge in [0.15, 0.2) is 0 Å². The van der Waals surface area contributed by atoms with E-state index in [4.69, 9.17) is 5.73 Å². The van der Waals surface area contributed by atoms with Crippen LogP contribution in [-0.4, -0.2) is 87.5 Å². The van der Waals surface area contributed by atoms with Gasteiger partial charge in [-0.2, -0.15) is 0 Å². The smallest absolute Gasteiger partial charge is 0.261 e. The number of aromatic hydroxyl groups is 1. The summed E-state index contributed by atoms with van der Waals surface area (Å²) in [7, 11) is 0.146. The lowest BCUT2D eigenvalue weighted by Crippen LogP contribution is -2.56. The van der Waals surface area contributed by atoms with Gasteiger partial charge in [0.25, 0.3) is 5.91 Å². The maximum absolute atomic E-state index is 13.0. The molecule has 0 fully saturated rings. The standard InChI is InChI=1S/C28H38N6O7S/c1-18(35)32-33-28(40)24(16-19-7-5-4-6-8-19)34(2)25(37)17-30-27(39)23(13-14-42(3)41)31-26(38)22(29)15-20-9-11-21(36)12-10-20/h4-12,22-24,36H,13-17,29H2,1-3H3,(H,30,39)(H,31,38)(H,32,35)(H,33,40)/t22-,23+,24-,42?/m0/s1. The van der Waals surface area contributed by atoms with Crippen molar-refractivity contribution in [1.29, 1.82) is 0 Å². The van der Waals surface area contributed by atoms with E-state index in [1.165, 1.54) is 32.4 Å². The van der Waals surface area contributed by atoms with E-state index < -0.39 is 65.0 Å². The fourth-order valence-electron chi connectivity index (χ4n) is 3.87. The fourth-order valence-corrected chi connectivity index (χ4v) is 4.44. The molecule has 2 aromatic carbocycles. The first-order valence-corrected chi connectivity index (χ1v) is 14.9. The van der Waals surface area contributed by atoms with Crippen LogP contribution < -0.4 is 27.2 Å². The maximum atomic E-state index is 13.0. The van der Waals surface area contributed by atoms with E-state index in [2.05, 4.69) is 21.5 Å². The van der Waals surface area contributed by atoms with Crippen LogP contribution in [0, 0.1) is 0 Å². The van der Waals surface area contributed by atoms with Crippen molar-refractivity contribution in [3.05, 3.63) is 65.7 Å². The molecule has 4 atom stereocenters. The predicted molar refractivity (Wildman–Crippen MR) is 157 cm³/mol. The summed E-state index contributed by atoms with van der Waals surface area (Å²) in [5, 5.41) is 14.5. The number of nitrogens with one attached hydrogen (secondary N) is 4. The molecule has 0 radical (unpaired) electrons. The van der Waals surface area contributed by atoms with Crippen LogP contribution in [0.2, 0.25) is 0 Å². The molecule has 14 heteroatoms. The highest BCUT2D eigenvalue weighted by Crippen LogP contribution is 2.11. The minimum atomic E-state index is -1.25. The molecular formula is C28H38N6O7S. The number of benzene rings is 2. The van der Waals surface area contributed by atoms with Gasteiger partial charge in [0, 0.05) is 43.2 Å². The molecule has 0 aromatic heterocycles. The van der Waals surface area contributed by atoms with E-state index in [1.54, 1.807) is 36.4 Å². The molecule has 0 aliphatic heterocycles. The van der Waals surface area contributed by atoms with Gasteiger partial charge in [0.1, 0.15) is 17.8 Å². The lowest BCUT2D eigenvalue weighted by atomic mass is 10.0. The first kappa shape index (κ1) is 33.9. The van der Waals surface area contributed by atoms with E-state index in [0.29, 0.717) is 5.56 Å². The number of hydrazine groups is 1. The van der Waals surface area contributed by atoms with Crippen LogP contribution in [-0.2, 0) is 47.6 Å². The molecule has 42 heavy (non-hydrogen) atoms. The first-order valence-electron chi connectivity index (χ1n) is 13.1. The Morgan fingerprint density at radius 1 is 0.905 bits per heavy atom.